The van der Waals surface area contributed by atoms with Gasteiger partial charge in [0.15, 0.2) is 0 Å². The van der Waals surface area contributed by atoms with Gasteiger partial charge in [-0.25, -0.2) is 8.42 Å². The predicted octanol–water partition coefficient (Wildman–Crippen LogP) is 6.76. The largest absolute Gasteiger partial charge is 0.419 e. The average Bonchev–Trinajstić information content (AvgIpc) is 3.60. The first-order valence-electron chi connectivity index (χ1n) is 12.8. The normalized spacial score (nSPS) is 16.8. The summed E-state index contributed by atoms with van der Waals surface area (Å²) in [6.45, 7) is 7.01. The zero-order chi connectivity index (χ0) is 26.0. The summed E-state index contributed by atoms with van der Waals surface area (Å²) >= 11 is 0. The molecule has 6 nitrogen and oxygen atoms in total. The molecule has 1 aliphatic rings. The van der Waals surface area contributed by atoms with Crippen LogP contribution in [0, 0.1) is 0 Å². The summed E-state index contributed by atoms with van der Waals surface area (Å²) in [5.74, 6) is 0.703. The molecule has 2 heterocycles. The highest BCUT2D eigenvalue weighted by Gasteiger charge is 2.38. The summed E-state index contributed by atoms with van der Waals surface area (Å²) in [5.41, 5.74) is 5.10. The number of hydrogen-bond donors (Lipinski definition) is 0. The lowest BCUT2D eigenvalue weighted by molar-refractivity contribution is 0.332. The van der Waals surface area contributed by atoms with Crippen molar-refractivity contribution in [1.29, 1.82) is 0 Å². The Bertz CT molecular complexity index is 1440. The SMILES string of the molecule is CCC(C)(C)c1ccc(CS(=O)(=O)N2CCCC2c2nnc(-c3ccc(-c4ccccc4)cc3)o2)cc1. The number of benzene rings is 3. The lowest BCUT2D eigenvalue weighted by Crippen LogP contribution is -2.32. The highest BCUT2D eigenvalue weighted by Crippen LogP contribution is 2.36. The first-order valence-corrected chi connectivity index (χ1v) is 14.5. The van der Waals surface area contributed by atoms with Gasteiger partial charge in [-0.3, -0.25) is 0 Å². The summed E-state index contributed by atoms with van der Waals surface area (Å²) in [6.07, 6.45) is 2.44. The molecule has 1 saturated heterocycles. The summed E-state index contributed by atoms with van der Waals surface area (Å²) in [4.78, 5) is 0. The Morgan fingerprint density at radius 2 is 1.54 bits per heavy atom. The van der Waals surface area contributed by atoms with Crippen LogP contribution >= 0.6 is 0 Å². The van der Waals surface area contributed by atoms with Crippen LogP contribution in [0.2, 0.25) is 0 Å². The number of aromatic nitrogens is 2. The first kappa shape index (κ1) is 25.4. The monoisotopic (exact) mass is 515 g/mol. The fraction of sp³-hybridized carbons (Fsp3) is 0.333. The van der Waals surface area contributed by atoms with Crippen molar-refractivity contribution in [1.82, 2.24) is 14.5 Å². The quantitative estimate of drug-likeness (QED) is 0.259. The molecule has 0 saturated carbocycles. The van der Waals surface area contributed by atoms with Gasteiger partial charge in [0, 0.05) is 12.1 Å². The summed E-state index contributed by atoms with van der Waals surface area (Å²) in [7, 11) is -3.55. The minimum absolute atomic E-state index is 0.0434. The molecule has 1 unspecified atom stereocenters. The topological polar surface area (TPSA) is 76.3 Å². The Hall–Kier alpha value is -3.29. The lowest BCUT2D eigenvalue weighted by atomic mass is 9.82. The Kier molecular flexibility index (Phi) is 7.01. The molecule has 0 aliphatic carbocycles. The van der Waals surface area contributed by atoms with Gasteiger partial charge in [-0.15, -0.1) is 10.2 Å². The van der Waals surface area contributed by atoms with Crippen molar-refractivity contribution >= 4 is 10.0 Å². The minimum atomic E-state index is -3.55. The van der Waals surface area contributed by atoms with Gasteiger partial charge >= 0.3 is 0 Å². The summed E-state index contributed by atoms with van der Waals surface area (Å²) in [6, 6.07) is 25.6. The maximum absolute atomic E-state index is 13.4. The molecule has 37 heavy (non-hydrogen) atoms. The van der Waals surface area contributed by atoms with E-state index in [2.05, 4.69) is 43.1 Å². The first-order chi connectivity index (χ1) is 17.8. The molecular weight excluding hydrogens is 482 g/mol. The van der Waals surface area contributed by atoms with Crippen LogP contribution in [-0.2, 0) is 21.2 Å². The van der Waals surface area contributed by atoms with Gasteiger partial charge in [-0.1, -0.05) is 87.5 Å². The van der Waals surface area contributed by atoms with Crippen molar-refractivity contribution < 1.29 is 12.8 Å². The van der Waals surface area contributed by atoms with E-state index < -0.39 is 16.1 Å². The molecule has 5 rings (SSSR count). The molecular formula is C30H33N3O3S. The van der Waals surface area contributed by atoms with E-state index in [1.165, 1.54) is 9.87 Å². The Labute approximate surface area is 219 Å². The van der Waals surface area contributed by atoms with E-state index in [0.29, 0.717) is 24.7 Å². The van der Waals surface area contributed by atoms with Gasteiger partial charge < -0.3 is 4.42 Å². The molecule has 0 radical (unpaired) electrons. The van der Waals surface area contributed by atoms with Crippen LogP contribution in [0.25, 0.3) is 22.6 Å². The molecule has 0 N–H and O–H groups in total. The third-order valence-corrected chi connectivity index (χ3v) is 9.34. The highest BCUT2D eigenvalue weighted by atomic mass is 32.2. The van der Waals surface area contributed by atoms with Crippen LogP contribution in [0.3, 0.4) is 0 Å². The minimum Gasteiger partial charge on any atom is -0.419 e. The molecule has 1 fully saturated rings. The van der Waals surface area contributed by atoms with Crippen LogP contribution in [0.15, 0.2) is 83.3 Å². The Morgan fingerprint density at radius 1 is 0.892 bits per heavy atom. The van der Waals surface area contributed by atoms with Crippen molar-refractivity contribution in [2.24, 2.45) is 0 Å². The van der Waals surface area contributed by atoms with Crippen molar-refractivity contribution in [3.8, 4) is 22.6 Å². The van der Waals surface area contributed by atoms with Gasteiger partial charge in [0.05, 0.1) is 5.75 Å². The van der Waals surface area contributed by atoms with Gasteiger partial charge in [0.1, 0.15) is 6.04 Å². The molecule has 192 valence electrons. The highest BCUT2D eigenvalue weighted by molar-refractivity contribution is 7.88. The third-order valence-electron chi connectivity index (χ3n) is 7.49. The Morgan fingerprint density at radius 3 is 2.22 bits per heavy atom. The van der Waals surface area contributed by atoms with Crippen molar-refractivity contribution in [3.05, 3.63) is 95.9 Å². The molecule has 1 aromatic heterocycles. The van der Waals surface area contributed by atoms with Crippen molar-refractivity contribution in [2.45, 2.75) is 57.2 Å². The van der Waals surface area contributed by atoms with Gasteiger partial charge in [0.25, 0.3) is 0 Å². The van der Waals surface area contributed by atoms with E-state index in [-0.39, 0.29) is 11.2 Å². The second-order valence-corrected chi connectivity index (χ2v) is 12.3. The molecule has 0 spiro atoms. The number of nitrogens with zero attached hydrogens (tertiary/aromatic N) is 3. The molecule has 0 amide bonds. The van der Waals surface area contributed by atoms with Crippen molar-refractivity contribution in [3.63, 3.8) is 0 Å². The van der Waals surface area contributed by atoms with E-state index in [4.69, 9.17) is 4.42 Å². The molecule has 4 aromatic rings. The number of hydrogen-bond acceptors (Lipinski definition) is 5. The Balaban J connectivity index is 1.31. The van der Waals surface area contributed by atoms with Crippen LogP contribution in [-0.4, -0.2) is 29.5 Å². The molecule has 0 bridgehead atoms. The maximum Gasteiger partial charge on any atom is 0.247 e. The van der Waals surface area contributed by atoms with Crippen molar-refractivity contribution in [2.75, 3.05) is 6.54 Å². The van der Waals surface area contributed by atoms with Crippen LogP contribution in [0.4, 0.5) is 0 Å². The zero-order valence-corrected chi connectivity index (χ0v) is 22.4. The van der Waals surface area contributed by atoms with Gasteiger partial charge in [0.2, 0.25) is 21.8 Å². The van der Waals surface area contributed by atoms with Gasteiger partial charge in [-0.2, -0.15) is 4.31 Å². The lowest BCUT2D eigenvalue weighted by Gasteiger charge is -2.24. The van der Waals surface area contributed by atoms with E-state index in [0.717, 1.165) is 35.1 Å². The average molecular weight is 516 g/mol. The van der Waals surface area contributed by atoms with E-state index in [1.54, 1.807) is 0 Å². The third kappa shape index (κ3) is 5.38. The second kappa shape index (κ2) is 10.2. The van der Waals surface area contributed by atoms with Crippen LogP contribution in [0.5, 0.6) is 0 Å². The standard InChI is InChI=1S/C30H33N3O3S/c1-4-30(2,3)26-18-12-22(13-19-26)21-37(34,35)33-20-8-11-27(33)29-32-31-28(36-29)25-16-14-24(15-17-25)23-9-6-5-7-10-23/h5-7,9-10,12-19,27H,4,8,11,20-21H2,1-3H3. The number of sulfonamides is 1. The van der Waals surface area contributed by atoms with Crippen LogP contribution in [0.1, 0.15) is 63.1 Å². The molecule has 1 atom stereocenters. The maximum atomic E-state index is 13.4. The molecule has 1 aliphatic heterocycles. The summed E-state index contributed by atoms with van der Waals surface area (Å²) in [5, 5.41) is 8.49. The molecule has 3 aromatic carbocycles. The fourth-order valence-corrected chi connectivity index (χ4v) is 6.56. The smallest absolute Gasteiger partial charge is 0.247 e. The predicted molar refractivity (Wildman–Crippen MR) is 146 cm³/mol. The van der Waals surface area contributed by atoms with E-state index in [9.17, 15) is 8.42 Å². The van der Waals surface area contributed by atoms with E-state index >= 15 is 0 Å². The fourth-order valence-electron chi connectivity index (χ4n) is 4.79. The number of rotatable bonds is 8. The zero-order valence-electron chi connectivity index (χ0n) is 21.6. The molecule has 7 heteroatoms. The van der Waals surface area contributed by atoms with Gasteiger partial charge in [-0.05, 0) is 59.1 Å². The summed E-state index contributed by atoms with van der Waals surface area (Å²) < 4.78 is 34.4. The van der Waals surface area contributed by atoms with E-state index in [1.807, 2.05) is 66.7 Å². The van der Waals surface area contributed by atoms with Crippen LogP contribution < -0.4 is 0 Å². The second-order valence-electron chi connectivity index (χ2n) is 10.3.